The van der Waals surface area contributed by atoms with Crippen molar-refractivity contribution < 1.29 is 52.1 Å². The average molecular weight is 1190 g/mol. The van der Waals surface area contributed by atoms with E-state index in [0.29, 0.717) is 58.5 Å². The van der Waals surface area contributed by atoms with E-state index in [-0.39, 0.29) is 35.9 Å². The smallest absolute Gasteiger partial charge is 0.392 e. The number of ether oxygens (including phenoxy) is 1. The van der Waals surface area contributed by atoms with E-state index >= 15 is 0 Å². The molecule has 0 radical (unpaired) electrons. The average Bonchev–Trinajstić information content (AvgIpc) is 3.03. The Kier molecular flexibility index (Phi) is 17.2. The van der Waals surface area contributed by atoms with Crippen LogP contribution in [0.15, 0.2) is 127 Å². The molecule has 4 amide bonds. The molecular weight excluding hydrogens is 1130 g/mol. The molecule has 2 aliphatic rings. The van der Waals surface area contributed by atoms with Gasteiger partial charge in [-0.2, -0.15) is 13.2 Å². The number of aryl methyl sites for hydroxylation is 1. The van der Waals surface area contributed by atoms with Crippen molar-refractivity contribution in [3.63, 3.8) is 0 Å². The molecule has 85 heavy (non-hydrogen) atoms. The fourth-order valence-electron chi connectivity index (χ4n) is 11.0. The van der Waals surface area contributed by atoms with Crippen LogP contribution >= 0.6 is 22.7 Å². The molecule has 0 aliphatic carbocycles. The van der Waals surface area contributed by atoms with Crippen LogP contribution in [-0.4, -0.2) is 97.1 Å². The first-order chi connectivity index (χ1) is 40.5. The fraction of sp³-hybridized carbons (Fsp3) is 0.312. The van der Waals surface area contributed by atoms with Gasteiger partial charge < -0.3 is 35.4 Å². The van der Waals surface area contributed by atoms with Crippen LogP contribution in [0.2, 0.25) is 0 Å². The minimum absolute atomic E-state index is 0.0679. The third-order valence-electron chi connectivity index (χ3n) is 15.6. The van der Waals surface area contributed by atoms with Gasteiger partial charge >= 0.3 is 12.1 Å². The van der Waals surface area contributed by atoms with Crippen molar-refractivity contribution in [3.8, 4) is 33.1 Å². The number of halogens is 3. The lowest BCUT2D eigenvalue weighted by Gasteiger charge is -2.36. The Morgan fingerprint density at radius 2 is 1.59 bits per heavy atom. The molecule has 21 heteroatoms. The molecule has 0 spiro atoms. The normalized spacial score (nSPS) is 16.3. The Labute approximate surface area is 497 Å². The number of carboxylic acids is 1. The Hall–Kier alpha value is -8.53. The molecule has 16 nitrogen and oxygen atoms in total. The largest absolute Gasteiger partial charge is 0.476 e. The zero-order valence-corrected chi connectivity index (χ0v) is 49.1. The maximum absolute atomic E-state index is 14.8. The van der Waals surface area contributed by atoms with Crippen molar-refractivity contribution in [2.45, 2.75) is 104 Å². The van der Waals surface area contributed by atoms with Gasteiger partial charge in [-0.3, -0.25) is 24.5 Å². The Bertz CT molecular complexity index is 3790. The second-order valence-electron chi connectivity index (χ2n) is 22.6. The second-order valence-corrected chi connectivity index (χ2v) is 24.5. The number of para-hydroxylation sites is 1. The van der Waals surface area contributed by atoms with Gasteiger partial charge in [-0.25, -0.2) is 19.7 Å². The summed E-state index contributed by atoms with van der Waals surface area (Å²) in [5.74, 6) is -4.88. The summed E-state index contributed by atoms with van der Waals surface area (Å²) in [7, 11) is 0. The number of hydrogen-bond acceptors (Lipinski definition) is 13. The topological polar surface area (TPSA) is 216 Å². The van der Waals surface area contributed by atoms with Crippen molar-refractivity contribution in [2.24, 2.45) is 11.3 Å². The maximum atomic E-state index is 14.8. The minimum atomic E-state index is -4.81. The first-order valence-corrected chi connectivity index (χ1v) is 29.5. The van der Waals surface area contributed by atoms with Gasteiger partial charge in [-0.15, -0.1) is 11.3 Å². The molecule has 2 aliphatic heterocycles. The van der Waals surface area contributed by atoms with E-state index in [0.717, 1.165) is 43.0 Å². The van der Waals surface area contributed by atoms with E-state index < -0.39 is 78.3 Å². The summed E-state index contributed by atoms with van der Waals surface area (Å²) in [5.41, 5.74) is 8.02. The van der Waals surface area contributed by atoms with E-state index in [1.54, 1.807) is 76.5 Å². The number of likely N-dealkylation sites (tertiary alicyclic amines) is 1. The first-order valence-electron chi connectivity index (χ1n) is 27.8. The van der Waals surface area contributed by atoms with Gasteiger partial charge in [0.2, 0.25) is 17.7 Å². The van der Waals surface area contributed by atoms with Gasteiger partial charge in [0.1, 0.15) is 29.4 Å². The number of aliphatic hydroxyl groups excluding tert-OH is 1. The zero-order valence-electron chi connectivity index (χ0n) is 47.5. The molecule has 5 aromatic carbocycles. The van der Waals surface area contributed by atoms with Crippen LogP contribution < -0.4 is 25.6 Å². The molecule has 10 rings (SSSR count). The monoisotopic (exact) mass is 1190 g/mol. The number of thiazole rings is 2. The summed E-state index contributed by atoms with van der Waals surface area (Å²) in [6, 6.07) is 32.5. The van der Waals surface area contributed by atoms with Gasteiger partial charge in [-0.1, -0.05) is 105 Å². The second kappa shape index (κ2) is 24.6. The number of aromatic nitrogens is 3. The molecule has 0 bridgehead atoms. The van der Waals surface area contributed by atoms with Crippen molar-refractivity contribution >= 4 is 73.4 Å². The summed E-state index contributed by atoms with van der Waals surface area (Å²) < 4.78 is 51.6. The number of alkyl halides is 3. The summed E-state index contributed by atoms with van der Waals surface area (Å²) in [4.78, 5) is 86.1. The van der Waals surface area contributed by atoms with Crippen LogP contribution in [-0.2, 0) is 33.8 Å². The number of pyridine rings is 1. The zero-order chi connectivity index (χ0) is 60.5. The molecule has 3 unspecified atom stereocenters. The number of hydrogen-bond donors (Lipinski definition) is 5. The number of β-amino-alcohol motifs (C(OH)–C–C–N with tert-alkyl or cyclic N) is 1. The number of rotatable bonds is 17. The standard InChI is InChI=1S/C64H63F3N8O8S2/c1-35-45(46-25-26-53(71-55(46)61(81)82)74-28-27-40-11-9-13-47(48(40)33-74)58(78)73-62-70-49-14-7-8-16-52(49)85-62)12-10-15-51(35)83-44-23-17-38(18-24-44)29-42(64(65,66)67)30-54(77)72-57(63(4,5)6)60(80)75-32-43(76)31-50(75)59(79)69-36(2)39-19-21-41(22-20-39)56-37(3)68-34-84-56/h7-26,34,36,42-43,50,57,76H,27-33H2,1-6H3,(H,69,79)(H,72,77)(H,81,82)(H,70,73,78)/t36?,42?,43-,50+,57?/m1/s1. The molecule has 1 fully saturated rings. The molecule has 5 atom stereocenters. The highest BCUT2D eigenvalue weighted by atomic mass is 32.1. The Morgan fingerprint density at radius 3 is 2.28 bits per heavy atom. The van der Waals surface area contributed by atoms with Crippen LogP contribution in [0.4, 0.5) is 24.1 Å². The highest BCUT2D eigenvalue weighted by Gasteiger charge is 2.46. The lowest BCUT2D eigenvalue weighted by molar-refractivity contribution is -0.179. The van der Waals surface area contributed by atoms with Gasteiger partial charge in [0.05, 0.1) is 44.4 Å². The minimum Gasteiger partial charge on any atom is -0.476 e. The van der Waals surface area contributed by atoms with Crippen molar-refractivity contribution in [1.29, 1.82) is 0 Å². The van der Waals surface area contributed by atoms with E-state index in [9.17, 15) is 47.4 Å². The van der Waals surface area contributed by atoms with Crippen LogP contribution in [0.1, 0.15) is 101 Å². The number of amides is 4. The molecule has 1 saturated heterocycles. The van der Waals surface area contributed by atoms with Crippen molar-refractivity contribution in [3.05, 3.63) is 172 Å². The molecule has 440 valence electrons. The number of nitrogens with one attached hydrogen (secondary N) is 3. The first kappa shape index (κ1) is 59.6. The quantitative estimate of drug-likeness (QED) is 0.0576. The Morgan fingerprint density at radius 1 is 0.847 bits per heavy atom. The lowest BCUT2D eigenvalue weighted by Crippen LogP contribution is -2.58. The predicted octanol–water partition coefficient (Wildman–Crippen LogP) is 11.9. The van der Waals surface area contributed by atoms with E-state index in [1.807, 2.05) is 72.5 Å². The molecule has 5 heterocycles. The molecule has 3 aromatic heterocycles. The number of fused-ring (bicyclic) bond motifs is 2. The number of aromatic carboxylic acids is 1. The SMILES string of the molecule is Cc1ncsc1-c1ccc(C(C)NC(=O)[C@@H]2C[C@@H](O)CN2C(=O)C(NC(=O)CC(Cc2ccc(Oc3cccc(-c4ccc(N5CCc6cccc(C(=O)Nc7nc8ccccc8s7)c6C5)nc4C(=O)O)c3C)cc2)C(F)(F)F)C(C)(C)C)cc1. The molecule has 0 saturated carbocycles. The lowest BCUT2D eigenvalue weighted by atomic mass is 9.85. The predicted molar refractivity (Wildman–Crippen MR) is 321 cm³/mol. The van der Waals surface area contributed by atoms with Crippen LogP contribution in [0.3, 0.4) is 0 Å². The highest BCUT2D eigenvalue weighted by molar-refractivity contribution is 7.22. The summed E-state index contributed by atoms with van der Waals surface area (Å²) in [6.45, 7) is 11.1. The Balaban J connectivity index is 0.775. The number of anilines is 2. The maximum Gasteiger partial charge on any atom is 0.392 e. The van der Waals surface area contributed by atoms with Gasteiger partial charge in [-0.05, 0) is 127 Å². The summed E-state index contributed by atoms with van der Waals surface area (Å²) in [6.07, 6.45) is -6.91. The summed E-state index contributed by atoms with van der Waals surface area (Å²) in [5, 5.41) is 30.2. The number of benzene rings is 5. The van der Waals surface area contributed by atoms with E-state index in [2.05, 4.69) is 30.9 Å². The molecular formula is C64H63F3N8O8S2. The third kappa shape index (κ3) is 13.4. The number of nitrogens with zero attached hydrogens (tertiary/aromatic N) is 5. The molecule has 8 aromatic rings. The third-order valence-corrected chi connectivity index (χ3v) is 17.5. The van der Waals surface area contributed by atoms with Crippen molar-refractivity contribution in [1.82, 2.24) is 30.5 Å². The number of carbonyl (C=O) groups is 5. The fourth-order valence-corrected chi connectivity index (χ4v) is 12.6. The van der Waals surface area contributed by atoms with E-state index in [1.165, 1.54) is 51.8 Å². The number of aliphatic hydroxyl groups is 1. The van der Waals surface area contributed by atoms with Gasteiger partial charge in [0.15, 0.2) is 10.8 Å². The van der Waals surface area contributed by atoms with Gasteiger partial charge in [0.25, 0.3) is 5.91 Å². The number of carbonyl (C=O) groups excluding carboxylic acids is 4. The summed E-state index contributed by atoms with van der Waals surface area (Å²) >= 11 is 2.90. The van der Waals surface area contributed by atoms with Crippen LogP contribution in [0.5, 0.6) is 11.5 Å². The molecule has 5 N–H and O–H groups in total. The van der Waals surface area contributed by atoms with Gasteiger partial charge in [0, 0.05) is 43.6 Å². The van der Waals surface area contributed by atoms with Crippen molar-refractivity contribution in [2.75, 3.05) is 23.3 Å². The van der Waals surface area contributed by atoms with Crippen LogP contribution in [0, 0.1) is 25.2 Å². The number of carboxylic acid groups (broad SMARTS) is 1. The highest BCUT2D eigenvalue weighted by Crippen LogP contribution is 2.39. The van der Waals surface area contributed by atoms with Crippen LogP contribution in [0.25, 0.3) is 31.8 Å². The van der Waals surface area contributed by atoms with E-state index in [4.69, 9.17) is 4.74 Å².